The minimum Gasteiger partial charge on any atom is -0.494 e. The maximum atomic E-state index is 13.7. The highest BCUT2D eigenvalue weighted by Crippen LogP contribution is 2.22. The molecule has 0 aliphatic heterocycles. The van der Waals surface area contributed by atoms with Crippen molar-refractivity contribution >= 4 is 0 Å². The molecule has 0 fully saturated rings. The Morgan fingerprint density at radius 1 is 1.33 bits per heavy atom. The van der Waals surface area contributed by atoms with E-state index in [4.69, 9.17) is 4.74 Å². The minimum absolute atomic E-state index is 0.0560. The number of aryl methyl sites for hydroxylation is 1. The molecule has 5 heteroatoms. The van der Waals surface area contributed by atoms with Crippen molar-refractivity contribution in [1.82, 2.24) is 15.5 Å². The lowest BCUT2D eigenvalue weighted by molar-refractivity contribution is 0.385. The first kappa shape index (κ1) is 15.5. The molecule has 0 amide bonds. The van der Waals surface area contributed by atoms with Gasteiger partial charge in [-0.15, -0.1) is 0 Å². The molecular weight excluding hydrogens is 269 g/mol. The van der Waals surface area contributed by atoms with Gasteiger partial charge in [0.15, 0.2) is 11.6 Å². The van der Waals surface area contributed by atoms with Crippen LogP contribution in [0.1, 0.15) is 36.8 Å². The molecular formula is C16H22FN3O. The fourth-order valence-electron chi connectivity index (χ4n) is 2.43. The van der Waals surface area contributed by atoms with Gasteiger partial charge in [0.25, 0.3) is 0 Å². The van der Waals surface area contributed by atoms with Crippen LogP contribution in [0.25, 0.3) is 0 Å². The number of rotatable bonds is 6. The number of benzene rings is 1. The van der Waals surface area contributed by atoms with Gasteiger partial charge in [0, 0.05) is 24.2 Å². The van der Waals surface area contributed by atoms with Crippen LogP contribution in [-0.4, -0.2) is 23.3 Å². The second kappa shape index (κ2) is 6.72. The Kier molecular flexibility index (Phi) is 4.96. The van der Waals surface area contributed by atoms with Gasteiger partial charge >= 0.3 is 0 Å². The Labute approximate surface area is 124 Å². The average Bonchev–Trinajstić information content (AvgIpc) is 2.83. The number of aromatic amines is 1. The van der Waals surface area contributed by atoms with E-state index in [1.807, 2.05) is 26.0 Å². The van der Waals surface area contributed by atoms with Gasteiger partial charge < -0.3 is 10.1 Å². The van der Waals surface area contributed by atoms with Gasteiger partial charge in [0.2, 0.25) is 0 Å². The summed E-state index contributed by atoms with van der Waals surface area (Å²) in [6, 6.07) is 7.39. The summed E-state index contributed by atoms with van der Waals surface area (Å²) < 4.78 is 18.7. The van der Waals surface area contributed by atoms with Crippen LogP contribution in [0.4, 0.5) is 4.39 Å². The number of H-pyrrole nitrogens is 1. The summed E-state index contributed by atoms with van der Waals surface area (Å²) in [4.78, 5) is 0. The van der Waals surface area contributed by atoms with Crippen molar-refractivity contribution in [2.45, 2.75) is 39.3 Å². The van der Waals surface area contributed by atoms with Crippen LogP contribution in [0.15, 0.2) is 24.3 Å². The predicted molar refractivity (Wildman–Crippen MR) is 81.0 cm³/mol. The van der Waals surface area contributed by atoms with E-state index >= 15 is 0 Å². The lowest BCUT2D eigenvalue weighted by Gasteiger charge is -2.20. The highest BCUT2D eigenvalue weighted by molar-refractivity contribution is 5.30. The molecule has 1 aromatic carbocycles. The van der Waals surface area contributed by atoms with Crippen molar-refractivity contribution < 1.29 is 9.13 Å². The topological polar surface area (TPSA) is 49.9 Å². The smallest absolute Gasteiger partial charge is 0.165 e. The van der Waals surface area contributed by atoms with Crippen LogP contribution in [0.5, 0.6) is 5.75 Å². The van der Waals surface area contributed by atoms with Crippen LogP contribution in [-0.2, 0) is 6.42 Å². The molecule has 2 atom stereocenters. The Balaban J connectivity index is 1.97. The third-order valence-electron chi connectivity index (χ3n) is 3.48. The number of nitrogens with zero attached hydrogens (tertiary/aromatic N) is 1. The van der Waals surface area contributed by atoms with Crippen molar-refractivity contribution in [3.05, 3.63) is 47.0 Å². The molecule has 0 spiro atoms. The molecule has 0 radical (unpaired) electrons. The van der Waals surface area contributed by atoms with Crippen LogP contribution in [0.3, 0.4) is 0 Å². The second-order valence-corrected chi connectivity index (χ2v) is 5.43. The number of halogens is 1. The van der Waals surface area contributed by atoms with Gasteiger partial charge in [-0.2, -0.15) is 5.10 Å². The Hall–Kier alpha value is -1.88. The van der Waals surface area contributed by atoms with Gasteiger partial charge in [0.05, 0.1) is 12.8 Å². The van der Waals surface area contributed by atoms with Gasteiger partial charge in [-0.1, -0.05) is 6.07 Å². The number of hydrogen-bond donors (Lipinski definition) is 2. The van der Waals surface area contributed by atoms with Crippen LogP contribution >= 0.6 is 0 Å². The molecule has 4 nitrogen and oxygen atoms in total. The third-order valence-corrected chi connectivity index (χ3v) is 3.48. The summed E-state index contributed by atoms with van der Waals surface area (Å²) in [5.74, 6) is -0.0646. The summed E-state index contributed by atoms with van der Waals surface area (Å²) in [6.45, 7) is 6.10. The lowest BCUT2D eigenvalue weighted by atomic mass is 10.1. The van der Waals surface area contributed by atoms with Crippen molar-refractivity contribution in [2.24, 2.45) is 0 Å². The first-order chi connectivity index (χ1) is 9.99. The van der Waals surface area contributed by atoms with Crippen molar-refractivity contribution in [2.75, 3.05) is 7.11 Å². The summed E-state index contributed by atoms with van der Waals surface area (Å²) in [5, 5.41) is 10.6. The Bertz CT molecular complexity index is 597. The third kappa shape index (κ3) is 4.04. The molecule has 0 aliphatic carbocycles. The summed E-state index contributed by atoms with van der Waals surface area (Å²) in [5.41, 5.74) is 2.99. The van der Waals surface area contributed by atoms with Gasteiger partial charge in [0.1, 0.15) is 0 Å². The zero-order chi connectivity index (χ0) is 15.4. The largest absolute Gasteiger partial charge is 0.494 e. The van der Waals surface area contributed by atoms with Crippen LogP contribution in [0.2, 0.25) is 0 Å². The molecule has 2 N–H and O–H groups in total. The maximum Gasteiger partial charge on any atom is 0.165 e. The van der Waals surface area contributed by atoms with E-state index in [1.165, 1.54) is 13.2 Å². The summed E-state index contributed by atoms with van der Waals surface area (Å²) >= 11 is 0. The second-order valence-electron chi connectivity index (χ2n) is 5.43. The van der Waals surface area contributed by atoms with Crippen molar-refractivity contribution in [3.8, 4) is 5.75 Å². The van der Waals surface area contributed by atoms with E-state index in [0.29, 0.717) is 0 Å². The zero-order valence-electron chi connectivity index (χ0n) is 12.9. The molecule has 0 saturated carbocycles. The van der Waals surface area contributed by atoms with E-state index in [0.717, 1.165) is 23.4 Å². The molecule has 0 aliphatic rings. The van der Waals surface area contributed by atoms with Gasteiger partial charge in [-0.25, -0.2) is 4.39 Å². The molecule has 21 heavy (non-hydrogen) atoms. The predicted octanol–water partition coefficient (Wildman–Crippen LogP) is 3.15. The highest BCUT2D eigenvalue weighted by atomic mass is 19.1. The zero-order valence-corrected chi connectivity index (χ0v) is 12.9. The van der Waals surface area contributed by atoms with Crippen LogP contribution < -0.4 is 10.1 Å². The molecule has 0 saturated heterocycles. The lowest BCUT2D eigenvalue weighted by Crippen LogP contribution is -2.30. The van der Waals surface area contributed by atoms with Crippen molar-refractivity contribution in [3.63, 3.8) is 0 Å². The van der Waals surface area contributed by atoms with E-state index in [-0.39, 0.29) is 23.7 Å². The SMILES string of the molecule is COc1ccc([C@@H](C)N[C@@H](C)Cc2cc(C)[nH]n2)cc1F. The minimum atomic E-state index is -0.334. The Morgan fingerprint density at radius 3 is 2.67 bits per heavy atom. The normalized spacial score (nSPS) is 14.0. The molecule has 2 rings (SSSR count). The molecule has 114 valence electrons. The molecule has 0 unspecified atom stereocenters. The number of aromatic nitrogens is 2. The monoisotopic (exact) mass is 291 g/mol. The summed E-state index contributed by atoms with van der Waals surface area (Å²) in [6.07, 6.45) is 0.827. The first-order valence-corrected chi connectivity index (χ1v) is 7.10. The van der Waals surface area contributed by atoms with Gasteiger partial charge in [-0.3, -0.25) is 5.10 Å². The van der Waals surface area contributed by atoms with Crippen LogP contribution in [0, 0.1) is 12.7 Å². The molecule has 2 aromatic rings. The fourth-order valence-corrected chi connectivity index (χ4v) is 2.43. The number of hydrogen-bond acceptors (Lipinski definition) is 3. The first-order valence-electron chi connectivity index (χ1n) is 7.10. The van der Waals surface area contributed by atoms with E-state index in [2.05, 4.69) is 22.4 Å². The standard InChI is InChI=1S/C16H22FN3O/c1-10(7-14-8-11(2)19-20-14)18-12(3)13-5-6-16(21-4)15(17)9-13/h5-6,8-10,12,18H,7H2,1-4H3,(H,19,20)/t10-,12+/m0/s1. The number of nitrogens with one attached hydrogen (secondary N) is 2. The van der Waals surface area contributed by atoms with E-state index in [9.17, 15) is 4.39 Å². The highest BCUT2D eigenvalue weighted by Gasteiger charge is 2.13. The quantitative estimate of drug-likeness (QED) is 0.859. The molecule has 1 heterocycles. The number of methoxy groups -OCH3 is 1. The summed E-state index contributed by atoms with van der Waals surface area (Å²) in [7, 11) is 1.47. The molecule has 1 aromatic heterocycles. The number of ether oxygens (including phenoxy) is 1. The van der Waals surface area contributed by atoms with E-state index < -0.39 is 0 Å². The Morgan fingerprint density at radius 2 is 2.10 bits per heavy atom. The average molecular weight is 291 g/mol. The van der Waals surface area contributed by atoms with Gasteiger partial charge in [-0.05, 0) is 44.5 Å². The fraction of sp³-hybridized carbons (Fsp3) is 0.438. The van der Waals surface area contributed by atoms with E-state index in [1.54, 1.807) is 6.07 Å². The maximum absolute atomic E-state index is 13.7. The van der Waals surface area contributed by atoms with Crippen molar-refractivity contribution in [1.29, 1.82) is 0 Å². The molecule has 0 bridgehead atoms.